The fourth-order valence-electron chi connectivity index (χ4n) is 1.18. The van der Waals surface area contributed by atoms with Gasteiger partial charge in [-0.2, -0.15) is 0 Å². The molecule has 76 valence electrons. The minimum Gasteiger partial charge on any atom is -0.363 e. The monoisotopic (exact) mass is 203 g/mol. The van der Waals surface area contributed by atoms with Crippen LogP contribution >= 0.6 is 0 Å². The van der Waals surface area contributed by atoms with E-state index < -0.39 is 5.91 Å². The summed E-state index contributed by atoms with van der Waals surface area (Å²) >= 11 is 0. The average Bonchev–Trinajstić information content (AvgIpc) is 2.55. The van der Waals surface area contributed by atoms with Gasteiger partial charge in [0.1, 0.15) is 12.1 Å². The number of rotatable bonds is 2. The SMILES string of the molecule is NC(=O)c1nncn1C1=CC=CC=CN1. The van der Waals surface area contributed by atoms with Crippen LogP contribution in [0.2, 0.25) is 0 Å². The van der Waals surface area contributed by atoms with Crippen molar-refractivity contribution < 1.29 is 4.79 Å². The van der Waals surface area contributed by atoms with Crippen molar-refractivity contribution in [1.82, 2.24) is 20.1 Å². The number of amides is 1. The molecule has 0 radical (unpaired) electrons. The molecule has 3 N–H and O–H groups in total. The third-order valence-electron chi connectivity index (χ3n) is 1.83. The lowest BCUT2D eigenvalue weighted by Gasteiger charge is -2.07. The molecule has 15 heavy (non-hydrogen) atoms. The second-order valence-electron chi connectivity index (χ2n) is 2.83. The first-order valence-corrected chi connectivity index (χ1v) is 4.29. The van der Waals surface area contributed by atoms with Crippen LogP contribution in [0.4, 0.5) is 0 Å². The number of carbonyl (C=O) groups excluding carboxylic acids is 1. The van der Waals surface area contributed by atoms with Gasteiger partial charge in [0.25, 0.3) is 5.91 Å². The molecule has 0 aromatic carbocycles. The lowest BCUT2D eigenvalue weighted by atomic mass is 10.4. The van der Waals surface area contributed by atoms with Gasteiger partial charge in [0.2, 0.25) is 5.82 Å². The van der Waals surface area contributed by atoms with Crippen molar-refractivity contribution in [3.63, 3.8) is 0 Å². The lowest BCUT2D eigenvalue weighted by molar-refractivity contribution is 0.0988. The molecule has 0 aliphatic carbocycles. The maximum atomic E-state index is 11.0. The van der Waals surface area contributed by atoms with Gasteiger partial charge < -0.3 is 11.1 Å². The summed E-state index contributed by atoms with van der Waals surface area (Å²) in [4.78, 5) is 11.0. The molecular formula is C9H9N5O. The Morgan fingerprint density at radius 3 is 3.07 bits per heavy atom. The van der Waals surface area contributed by atoms with Crippen LogP contribution in [0.15, 0.2) is 36.8 Å². The maximum Gasteiger partial charge on any atom is 0.287 e. The second kappa shape index (κ2) is 3.79. The Kier molecular flexibility index (Phi) is 2.32. The first-order chi connectivity index (χ1) is 7.29. The van der Waals surface area contributed by atoms with Crippen molar-refractivity contribution in [1.29, 1.82) is 0 Å². The Balaban J connectivity index is 2.41. The largest absolute Gasteiger partial charge is 0.363 e. The van der Waals surface area contributed by atoms with Gasteiger partial charge in [0.05, 0.1) is 0 Å². The van der Waals surface area contributed by atoms with Crippen LogP contribution < -0.4 is 11.1 Å². The highest BCUT2D eigenvalue weighted by Gasteiger charge is 2.12. The fraction of sp³-hybridized carbons (Fsp3) is 0. The van der Waals surface area contributed by atoms with E-state index in [1.54, 1.807) is 12.3 Å². The Labute approximate surface area is 85.8 Å². The van der Waals surface area contributed by atoms with E-state index in [1.807, 2.05) is 18.2 Å². The Hall–Kier alpha value is -2.37. The predicted molar refractivity (Wildman–Crippen MR) is 54.2 cm³/mol. The molecule has 0 saturated carbocycles. The van der Waals surface area contributed by atoms with Crippen LogP contribution in [0, 0.1) is 0 Å². The Morgan fingerprint density at radius 2 is 2.27 bits per heavy atom. The number of allylic oxidation sites excluding steroid dienone is 4. The zero-order chi connectivity index (χ0) is 10.7. The van der Waals surface area contributed by atoms with E-state index in [1.165, 1.54) is 10.9 Å². The maximum absolute atomic E-state index is 11.0. The molecule has 2 rings (SSSR count). The highest BCUT2D eigenvalue weighted by atomic mass is 16.1. The van der Waals surface area contributed by atoms with E-state index in [9.17, 15) is 4.79 Å². The van der Waals surface area contributed by atoms with Crippen LogP contribution in [0.1, 0.15) is 10.6 Å². The van der Waals surface area contributed by atoms with Crippen LogP contribution in [0.5, 0.6) is 0 Å². The minimum absolute atomic E-state index is 0.0949. The molecule has 0 fully saturated rings. The molecule has 1 aliphatic rings. The zero-order valence-electron chi connectivity index (χ0n) is 7.79. The third kappa shape index (κ3) is 1.78. The highest BCUT2D eigenvalue weighted by molar-refractivity contribution is 5.90. The molecule has 1 aliphatic heterocycles. The molecular weight excluding hydrogens is 194 g/mol. The molecule has 0 unspecified atom stereocenters. The summed E-state index contributed by atoms with van der Waals surface area (Å²) in [5.41, 5.74) is 5.15. The summed E-state index contributed by atoms with van der Waals surface area (Å²) < 4.78 is 1.49. The van der Waals surface area contributed by atoms with Crippen molar-refractivity contribution in [3.8, 4) is 0 Å². The standard InChI is InChI=1S/C9H9N5O/c10-8(15)9-13-12-6-14(9)7-4-2-1-3-5-11-7/h1-6,11H,(H2,10,15). The molecule has 0 spiro atoms. The summed E-state index contributed by atoms with van der Waals surface area (Å²) in [6, 6.07) is 0. The highest BCUT2D eigenvalue weighted by Crippen LogP contribution is 2.05. The summed E-state index contributed by atoms with van der Waals surface area (Å²) in [5.74, 6) is 0.142. The number of hydrogen-bond donors (Lipinski definition) is 2. The molecule has 6 heteroatoms. The van der Waals surface area contributed by atoms with E-state index >= 15 is 0 Å². The number of nitrogens with two attached hydrogens (primary N) is 1. The van der Waals surface area contributed by atoms with Gasteiger partial charge in [0, 0.05) is 6.20 Å². The lowest BCUT2D eigenvalue weighted by Crippen LogP contribution is -2.21. The van der Waals surface area contributed by atoms with Crippen molar-refractivity contribution in [2.24, 2.45) is 5.73 Å². The molecule has 0 atom stereocenters. The number of primary amides is 1. The zero-order valence-corrected chi connectivity index (χ0v) is 7.79. The third-order valence-corrected chi connectivity index (χ3v) is 1.83. The molecule has 0 bridgehead atoms. The summed E-state index contributed by atoms with van der Waals surface area (Å²) in [5, 5.41) is 10.2. The summed E-state index contributed by atoms with van der Waals surface area (Å²) in [6.07, 6.45) is 10.5. The number of carbonyl (C=O) groups is 1. The van der Waals surface area contributed by atoms with Crippen molar-refractivity contribution in [3.05, 3.63) is 42.7 Å². The van der Waals surface area contributed by atoms with Crippen molar-refractivity contribution >= 4 is 11.7 Å². The van der Waals surface area contributed by atoms with Crippen LogP contribution in [-0.2, 0) is 0 Å². The van der Waals surface area contributed by atoms with Crippen molar-refractivity contribution in [2.45, 2.75) is 0 Å². The number of hydrogen-bond acceptors (Lipinski definition) is 4. The quantitative estimate of drug-likeness (QED) is 0.699. The van der Waals surface area contributed by atoms with E-state index in [0.29, 0.717) is 5.82 Å². The average molecular weight is 203 g/mol. The van der Waals surface area contributed by atoms with Gasteiger partial charge in [0.15, 0.2) is 0 Å². The van der Waals surface area contributed by atoms with E-state index in [0.717, 1.165) is 0 Å². The molecule has 1 aromatic rings. The number of nitrogens with zero attached hydrogens (tertiary/aromatic N) is 3. The fourth-order valence-corrected chi connectivity index (χ4v) is 1.18. The first-order valence-electron chi connectivity index (χ1n) is 4.29. The smallest absolute Gasteiger partial charge is 0.287 e. The topological polar surface area (TPSA) is 85.8 Å². The predicted octanol–water partition coefficient (Wildman–Crippen LogP) is -0.152. The summed E-state index contributed by atoms with van der Waals surface area (Å²) in [7, 11) is 0. The Morgan fingerprint density at radius 1 is 1.40 bits per heavy atom. The Bertz CT molecular complexity index is 469. The molecule has 2 heterocycles. The van der Waals surface area contributed by atoms with Crippen LogP contribution in [0.25, 0.3) is 5.82 Å². The van der Waals surface area contributed by atoms with Crippen LogP contribution in [-0.4, -0.2) is 20.7 Å². The molecule has 0 saturated heterocycles. The molecule has 1 amide bonds. The molecule has 6 nitrogen and oxygen atoms in total. The summed E-state index contributed by atoms with van der Waals surface area (Å²) in [6.45, 7) is 0. The normalized spacial score (nSPS) is 14.3. The van der Waals surface area contributed by atoms with E-state index in [-0.39, 0.29) is 5.82 Å². The van der Waals surface area contributed by atoms with Gasteiger partial charge in [-0.1, -0.05) is 12.2 Å². The number of aromatic nitrogens is 3. The number of nitrogens with one attached hydrogen (secondary N) is 1. The molecule has 1 aromatic heterocycles. The first kappa shape index (κ1) is 9.20. The van der Waals surface area contributed by atoms with Gasteiger partial charge >= 0.3 is 0 Å². The van der Waals surface area contributed by atoms with Gasteiger partial charge in [-0.05, 0) is 12.2 Å². The minimum atomic E-state index is -0.618. The van der Waals surface area contributed by atoms with Gasteiger partial charge in [-0.15, -0.1) is 10.2 Å². The van der Waals surface area contributed by atoms with Gasteiger partial charge in [-0.3, -0.25) is 9.36 Å². The second-order valence-corrected chi connectivity index (χ2v) is 2.83. The van der Waals surface area contributed by atoms with Crippen LogP contribution in [0.3, 0.4) is 0 Å². The van der Waals surface area contributed by atoms with E-state index in [4.69, 9.17) is 5.73 Å². The van der Waals surface area contributed by atoms with Gasteiger partial charge in [-0.25, -0.2) is 0 Å². The van der Waals surface area contributed by atoms with Crippen molar-refractivity contribution in [2.75, 3.05) is 0 Å². The van der Waals surface area contributed by atoms with E-state index in [2.05, 4.69) is 15.5 Å².